The Hall–Kier alpha value is -1.35. The molecule has 1 aromatic carbocycles. The first-order chi connectivity index (χ1) is 7.97. The molecule has 0 aliphatic carbocycles. The third-order valence-electron chi connectivity index (χ3n) is 3.30. The van der Waals surface area contributed by atoms with E-state index in [1.807, 2.05) is 13.1 Å². The van der Waals surface area contributed by atoms with Gasteiger partial charge in [-0.25, -0.2) is 4.98 Å². The highest BCUT2D eigenvalue weighted by molar-refractivity contribution is 5.76. The van der Waals surface area contributed by atoms with Gasteiger partial charge in [-0.05, 0) is 46.9 Å². The molecule has 0 atom stereocenters. The molecule has 1 N–H and O–H groups in total. The van der Waals surface area contributed by atoms with Gasteiger partial charge >= 0.3 is 0 Å². The zero-order valence-corrected chi connectivity index (χ0v) is 11.3. The van der Waals surface area contributed by atoms with Gasteiger partial charge in [0.25, 0.3) is 0 Å². The summed E-state index contributed by atoms with van der Waals surface area (Å²) in [5.74, 6) is 1.09. The first-order valence-electron chi connectivity index (χ1n) is 6.13. The minimum absolute atomic E-state index is 0.122. The number of hydrogen-bond acceptors (Lipinski definition) is 2. The number of nitrogens with zero attached hydrogens (tertiary/aromatic N) is 2. The van der Waals surface area contributed by atoms with E-state index in [0.717, 1.165) is 11.3 Å². The molecule has 3 nitrogen and oxygen atoms in total. The maximum atomic E-state index is 4.78. The van der Waals surface area contributed by atoms with Crippen LogP contribution in [0, 0.1) is 0 Å². The van der Waals surface area contributed by atoms with Gasteiger partial charge in [0.2, 0.25) is 0 Å². The Morgan fingerprint density at radius 3 is 2.47 bits per heavy atom. The van der Waals surface area contributed by atoms with Crippen LogP contribution in [0.3, 0.4) is 0 Å². The van der Waals surface area contributed by atoms with Crippen molar-refractivity contribution in [2.75, 3.05) is 7.05 Å². The van der Waals surface area contributed by atoms with E-state index in [-0.39, 0.29) is 5.54 Å². The fourth-order valence-electron chi connectivity index (χ4n) is 2.12. The molecule has 17 heavy (non-hydrogen) atoms. The van der Waals surface area contributed by atoms with Gasteiger partial charge in [0, 0.05) is 6.04 Å². The summed E-state index contributed by atoms with van der Waals surface area (Å²) >= 11 is 0. The molecule has 0 amide bonds. The third kappa shape index (κ3) is 1.95. The first kappa shape index (κ1) is 12.1. The number of imidazole rings is 1. The number of aromatic nitrogens is 2. The second-order valence-corrected chi connectivity index (χ2v) is 5.26. The molecule has 0 spiro atoms. The number of hydrogen-bond donors (Lipinski definition) is 1. The largest absolute Gasteiger partial charge is 0.324 e. The molecule has 0 unspecified atom stereocenters. The van der Waals surface area contributed by atoms with Gasteiger partial charge < -0.3 is 9.88 Å². The maximum Gasteiger partial charge on any atom is 0.129 e. The van der Waals surface area contributed by atoms with Crippen LogP contribution in [0.4, 0.5) is 0 Å². The van der Waals surface area contributed by atoms with Crippen molar-refractivity contribution < 1.29 is 0 Å². The highest BCUT2D eigenvalue weighted by Crippen LogP contribution is 2.27. The summed E-state index contributed by atoms with van der Waals surface area (Å²) in [4.78, 5) is 4.78. The van der Waals surface area contributed by atoms with Crippen molar-refractivity contribution in [1.29, 1.82) is 0 Å². The van der Waals surface area contributed by atoms with Gasteiger partial charge in [0.15, 0.2) is 0 Å². The Bertz CT molecular complexity index is 523. The Balaban J connectivity index is 2.75. The second-order valence-electron chi connectivity index (χ2n) is 5.26. The minimum atomic E-state index is -0.122. The quantitative estimate of drug-likeness (QED) is 0.879. The summed E-state index contributed by atoms with van der Waals surface area (Å²) in [6.45, 7) is 8.72. The predicted octanol–water partition coefficient (Wildman–Crippen LogP) is 3.07. The van der Waals surface area contributed by atoms with E-state index in [1.54, 1.807) is 0 Å². The number of fused-ring (bicyclic) bond motifs is 1. The molecular formula is C14H21N3. The van der Waals surface area contributed by atoms with Gasteiger partial charge in [-0.2, -0.15) is 0 Å². The molecule has 0 saturated heterocycles. The topological polar surface area (TPSA) is 29.9 Å². The molecular weight excluding hydrogens is 210 g/mol. The maximum absolute atomic E-state index is 4.78. The van der Waals surface area contributed by atoms with E-state index >= 15 is 0 Å². The van der Waals surface area contributed by atoms with E-state index in [4.69, 9.17) is 4.98 Å². The van der Waals surface area contributed by atoms with Crippen LogP contribution in [0.1, 0.15) is 39.6 Å². The van der Waals surface area contributed by atoms with Gasteiger partial charge in [-0.3, -0.25) is 0 Å². The van der Waals surface area contributed by atoms with Crippen LogP contribution in [0.5, 0.6) is 0 Å². The van der Waals surface area contributed by atoms with Crippen LogP contribution in [0.2, 0.25) is 0 Å². The van der Waals surface area contributed by atoms with Crippen molar-refractivity contribution in [2.24, 2.45) is 0 Å². The molecule has 0 aliphatic heterocycles. The molecule has 0 saturated carbocycles. The predicted molar refractivity (Wildman–Crippen MR) is 72.2 cm³/mol. The van der Waals surface area contributed by atoms with Gasteiger partial charge in [-0.1, -0.05) is 12.1 Å². The highest BCUT2D eigenvalue weighted by atomic mass is 15.2. The fourth-order valence-corrected chi connectivity index (χ4v) is 2.12. The third-order valence-corrected chi connectivity index (χ3v) is 3.30. The molecule has 0 radical (unpaired) electrons. The molecule has 0 fully saturated rings. The smallest absolute Gasteiger partial charge is 0.129 e. The molecule has 0 bridgehead atoms. The van der Waals surface area contributed by atoms with Crippen molar-refractivity contribution >= 4 is 11.0 Å². The van der Waals surface area contributed by atoms with Crippen molar-refractivity contribution in [2.45, 2.75) is 39.3 Å². The Morgan fingerprint density at radius 2 is 1.88 bits per heavy atom. The van der Waals surface area contributed by atoms with E-state index < -0.39 is 0 Å². The Labute approximate surface area is 103 Å². The average molecular weight is 231 g/mol. The molecule has 1 heterocycles. The Kier molecular flexibility index (Phi) is 2.96. The van der Waals surface area contributed by atoms with Crippen LogP contribution in [0.25, 0.3) is 11.0 Å². The summed E-state index contributed by atoms with van der Waals surface area (Å²) < 4.78 is 2.31. The normalized spacial score (nSPS) is 12.6. The Morgan fingerprint density at radius 1 is 1.24 bits per heavy atom. The van der Waals surface area contributed by atoms with E-state index in [2.05, 4.69) is 55.8 Å². The van der Waals surface area contributed by atoms with Crippen LogP contribution in [-0.2, 0) is 5.54 Å². The number of benzene rings is 1. The van der Waals surface area contributed by atoms with Crippen LogP contribution in [0.15, 0.2) is 24.3 Å². The molecule has 2 aromatic rings. The fraction of sp³-hybridized carbons (Fsp3) is 0.500. The first-order valence-corrected chi connectivity index (χ1v) is 6.13. The zero-order chi connectivity index (χ0) is 12.6. The van der Waals surface area contributed by atoms with Crippen LogP contribution in [-0.4, -0.2) is 16.6 Å². The minimum Gasteiger partial charge on any atom is -0.324 e. The molecule has 0 aliphatic rings. The summed E-state index contributed by atoms with van der Waals surface area (Å²) in [7, 11) is 1.98. The van der Waals surface area contributed by atoms with Crippen molar-refractivity contribution in [3.05, 3.63) is 30.1 Å². The van der Waals surface area contributed by atoms with Gasteiger partial charge in [0.05, 0.1) is 16.6 Å². The number of para-hydroxylation sites is 2. The van der Waals surface area contributed by atoms with Crippen LogP contribution < -0.4 is 5.32 Å². The van der Waals surface area contributed by atoms with Crippen molar-refractivity contribution in [3.8, 4) is 0 Å². The average Bonchev–Trinajstić information content (AvgIpc) is 2.68. The van der Waals surface area contributed by atoms with Gasteiger partial charge in [0.1, 0.15) is 5.82 Å². The summed E-state index contributed by atoms with van der Waals surface area (Å²) in [5, 5.41) is 3.33. The van der Waals surface area contributed by atoms with E-state index in [1.165, 1.54) is 5.52 Å². The monoisotopic (exact) mass is 231 g/mol. The van der Waals surface area contributed by atoms with Gasteiger partial charge in [-0.15, -0.1) is 0 Å². The molecule has 2 rings (SSSR count). The lowest BCUT2D eigenvalue weighted by atomic mass is 10.0. The highest BCUT2D eigenvalue weighted by Gasteiger charge is 2.26. The number of rotatable bonds is 3. The van der Waals surface area contributed by atoms with E-state index in [0.29, 0.717) is 6.04 Å². The van der Waals surface area contributed by atoms with Crippen molar-refractivity contribution in [3.63, 3.8) is 0 Å². The molecule has 3 heteroatoms. The summed E-state index contributed by atoms with van der Waals surface area (Å²) in [6, 6.07) is 8.72. The lowest BCUT2D eigenvalue weighted by Gasteiger charge is -2.26. The second kappa shape index (κ2) is 4.15. The summed E-state index contributed by atoms with van der Waals surface area (Å²) in [5.41, 5.74) is 2.16. The zero-order valence-electron chi connectivity index (χ0n) is 11.3. The lowest BCUT2D eigenvalue weighted by molar-refractivity contribution is 0.387. The van der Waals surface area contributed by atoms with Crippen LogP contribution >= 0.6 is 0 Å². The van der Waals surface area contributed by atoms with Crippen molar-refractivity contribution in [1.82, 2.24) is 14.9 Å². The molecule has 1 aromatic heterocycles. The lowest BCUT2D eigenvalue weighted by Crippen LogP contribution is -2.36. The van der Waals surface area contributed by atoms with E-state index in [9.17, 15) is 0 Å². The standard InChI is InChI=1S/C14H21N3/c1-10(2)17-12-9-7-6-8-11(12)16-13(17)14(3,4)15-5/h6-10,15H,1-5H3. The molecule has 92 valence electrons. The number of nitrogens with one attached hydrogen (secondary N) is 1. The summed E-state index contributed by atoms with van der Waals surface area (Å²) in [6.07, 6.45) is 0. The SMILES string of the molecule is CNC(C)(C)c1nc2ccccc2n1C(C)C.